The summed E-state index contributed by atoms with van der Waals surface area (Å²) in [5.74, 6) is 0.730. The zero-order valence-electron chi connectivity index (χ0n) is 39.7. The van der Waals surface area contributed by atoms with Gasteiger partial charge in [-0.3, -0.25) is 24.6 Å². The number of piperazine rings is 1. The minimum absolute atomic E-state index is 0.0576. The summed E-state index contributed by atoms with van der Waals surface area (Å²) in [6.45, 7) is 13.8. The number of nitrogens with two attached hydrogens (primary N) is 1. The Morgan fingerprint density at radius 2 is 1.57 bits per heavy atom. The van der Waals surface area contributed by atoms with Crippen molar-refractivity contribution in [2.45, 2.75) is 108 Å². The molecule has 18 nitrogen and oxygen atoms in total. The third-order valence-electron chi connectivity index (χ3n) is 14.6. The van der Waals surface area contributed by atoms with Crippen LogP contribution in [-0.4, -0.2) is 139 Å². The van der Waals surface area contributed by atoms with E-state index >= 15 is 8.78 Å². The molecule has 69 heavy (non-hydrogen) atoms. The lowest BCUT2D eigenvalue weighted by Crippen LogP contribution is -2.49. The van der Waals surface area contributed by atoms with Crippen LogP contribution in [0.25, 0.3) is 33.8 Å². The molecule has 0 bridgehead atoms. The number of nitrogens with zero attached hydrogens (tertiary/aromatic N) is 11. The lowest BCUT2D eigenvalue weighted by Gasteiger charge is -2.40. The zero-order valence-corrected chi connectivity index (χ0v) is 39.7. The number of carbonyl (C=O) groups excluding carboxylic acids is 3. The first-order valence-electron chi connectivity index (χ1n) is 24.7. The minimum atomic E-state index is -0.724. The molecule has 5 aliphatic rings. The number of nitrogen functional groups attached to an aromatic ring is 1. The average Bonchev–Trinajstić information content (AvgIpc) is 3.95. The van der Waals surface area contributed by atoms with Gasteiger partial charge in [-0.25, -0.2) is 33.4 Å². The smallest absolute Gasteiger partial charge is 0.249 e. The molecule has 1 unspecified atom stereocenters. The molecule has 5 aromatic rings. The summed E-state index contributed by atoms with van der Waals surface area (Å²) in [6.07, 6.45) is 13.1. The number of nitrogens with one attached hydrogen (secondary N) is 2. The van der Waals surface area contributed by atoms with E-state index in [0.717, 1.165) is 101 Å². The van der Waals surface area contributed by atoms with Crippen LogP contribution >= 0.6 is 0 Å². The molecule has 20 heteroatoms. The predicted molar refractivity (Wildman–Crippen MR) is 255 cm³/mol. The fourth-order valence-corrected chi connectivity index (χ4v) is 10.6. The van der Waals surface area contributed by atoms with Crippen LogP contribution in [0.3, 0.4) is 0 Å². The van der Waals surface area contributed by atoms with Gasteiger partial charge in [-0.1, -0.05) is 5.16 Å². The van der Waals surface area contributed by atoms with E-state index in [1.165, 1.54) is 18.5 Å². The second-order valence-electron chi connectivity index (χ2n) is 20.5. The number of aromatic nitrogens is 7. The van der Waals surface area contributed by atoms with E-state index in [1.807, 2.05) is 22.0 Å². The topological polar surface area (TPSA) is 210 Å². The molecular formula is C49H62F2N14O4. The SMILES string of the molecule is CC(C)(C)n1nc(-c2noc(C3CC3)c2-c2ncc(C3CCN(CCCC(=O)N4CCC(CN5CCN(c6c(F)cc(NC7CCC(=O)NC7=O)cc6F)CC5)CC4)CC3)cn2)c2c(N)ncnc21. The van der Waals surface area contributed by atoms with E-state index in [0.29, 0.717) is 78.5 Å². The molecule has 1 aliphatic carbocycles. The van der Waals surface area contributed by atoms with Crippen LogP contribution in [0, 0.1) is 17.6 Å². The van der Waals surface area contributed by atoms with Crippen LogP contribution in [0.5, 0.6) is 0 Å². The van der Waals surface area contributed by atoms with Crippen molar-refractivity contribution in [3.8, 4) is 22.8 Å². The number of anilines is 3. The Bertz CT molecular complexity index is 2670. The van der Waals surface area contributed by atoms with Crippen LogP contribution < -0.4 is 21.3 Å². The number of piperidine rings is 3. The molecule has 1 saturated carbocycles. The van der Waals surface area contributed by atoms with Gasteiger partial charge in [-0.2, -0.15) is 5.10 Å². The largest absolute Gasteiger partial charge is 0.383 e. The summed E-state index contributed by atoms with van der Waals surface area (Å²) < 4.78 is 38.4. The number of hydrogen-bond donors (Lipinski definition) is 3. The van der Waals surface area contributed by atoms with Crippen molar-refractivity contribution in [1.82, 2.24) is 54.9 Å². The summed E-state index contributed by atoms with van der Waals surface area (Å²) in [6, 6.07) is 1.71. The second kappa shape index (κ2) is 19.3. The van der Waals surface area contributed by atoms with Gasteiger partial charge in [0, 0.05) is 82.7 Å². The third kappa shape index (κ3) is 10.00. The monoisotopic (exact) mass is 949 g/mol. The number of benzene rings is 1. The van der Waals surface area contributed by atoms with E-state index in [1.54, 1.807) is 4.90 Å². The first-order valence-corrected chi connectivity index (χ1v) is 24.7. The molecule has 1 atom stereocenters. The highest BCUT2D eigenvalue weighted by atomic mass is 19.1. The Labute approximate surface area is 399 Å². The van der Waals surface area contributed by atoms with Gasteiger partial charge < -0.3 is 30.3 Å². The molecule has 10 rings (SSSR count). The molecule has 0 spiro atoms. The molecule has 0 radical (unpaired) electrons. The maximum absolute atomic E-state index is 15.3. The lowest BCUT2D eigenvalue weighted by molar-refractivity contribution is -0.134. The lowest BCUT2D eigenvalue weighted by atomic mass is 9.91. The van der Waals surface area contributed by atoms with Crippen molar-refractivity contribution >= 4 is 45.9 Å². The number of rotatable bonds is 13. The highest BCUT2D eigenvalue weighted by molar-refractivity contribution is 6.02. The summed E-state index contributed by atoms with van der Waals surface area (Å²) in [4.78, 5) is 64.1. The highest BCUT2D eigenvalue weighted by Gasteiger charge is 2.37. The first kappa shape index (κ1) is 46.6. The second-order valence-corrected chi connectivity index (χ2v) is 20.5. The third-order valence-corrected chi connectivity index (χ3v) is 14.6. The van der Waals surface area contributed by atoms with Gasteiger partial charge in [-0.15, -0.1) is 0 Å². The van der Waals surface area contributed by atoms with Crippen LogP contribution in [-0.2, 0) is 19.9 Å². The van der Waals surface area contributed by atoms with Crippen LogP contribution in [0.2, 0.25) is 0 Å². The van der Waals surface area contributed by atoms with Gasteiger partial charge in [0.2, 0.25) is 17.7 Å². The Kier molecular flexibility index (Phi) is 13.0. The van der Waals surface area contributed by atoms with Gasteiger partial charge >= 0.3 is 0 Å². The van der Waals surface area contributed by atoms with E-state index in [4.69, 9.17) is 25.3 Å². The minimum Gasteiger partial charge on any atom is -0.383 e. The summed E-state index contributed by atoms with van der Waals surface area (Å²) in [7, 11) is 0. The summed E-state index contributed by atoms with van der Waals surface area (Å²) in [5, 5.41) is 15.3. The van der Waals surface area contributed by atoms with E-state index in [2.05, 4.69) is 56.3 Å². The Hall–Kier alpha value is -6.15. The van der Waals surface area contributed by atoms with Gasteiger partial charge in [0.15, 0.2) is 28.9 Å². The Balaban J connectivity index is 0.654. The van der Waals surface area contributed by atoms with Crippen molar-refractivity contribution in [3.05, 3.63) is 53.8 Å². The molecule has 5 fully saturated rings. The highest BCUT2D eigenvalue weighted by Crippen LogP contribution is 2.48. The number of halogens is 2. The molecule has 366 valence electrons. The van der Waals surface area contributed by atoms with Crippen molar-refractivity contribution in [2.24, 2.45) is 5.92 Å². The molecule has 1 aromatic carbocycles. The molecule has 8 heterocycles. The predicted octanol–water partition coefficient (Wildman–Crippen LogP) is 5.67. The number of carbonyl (C=O) groups is 3. The normalized spacial score (nSPS) is 20.5. The fraction of sp³-hybridized carbons (Fsp3) is 0.571. The average molecular weight is 949 g/mol. The van der Waals surface area contributed by atoms with Gasteiger partial charge in [0.25, 0.3) is 0 Å². The molecule has 4 aliphatic heterocycles. The van der Waals surface area contributed by atoms with E-state index in [9.17, 15) is 14.4 Å². The quantitative estimate of drug-likeness (QED) is 0.122. The fourth-order valence-electron chi connectivity index (χ4n) is 10.6. The molecular weight excluding hydrogens is 887 g/mol. The summed E-state index contributed by atoms with van der Waals surface area (Å²) >= 11 is 0. The van der Waals surface area contributed by atoms with Gasteiger partial charge in [-0.05, 0) is 121 Å². The standard InChI is InChI=1S/C49H62F2N14O4/c1-49(2,3)65-47-40(45(52)55-28-56-47)41(59-65)42-39(44(69-60-42)31-6-7-31)46-53-25-32(26-54-46)30-12-15-61(16-13-30)14-4-5-38(67)63-17-10-29(11-18-63)27-62-19-21-64(22-20-62)43-34(50)23-33(24-35(43)51)57-36-8-9-37(66)58-48(36)68/h23-26,28-31,36,57H,4-22,27H2,1-3H3,(H2,52,55,56)(H,58,66,68). The molecule has 4 saturated heterocycles. The zero-order chi connectivity index (χ0) is 48.0. The van der Waals surface area contributed by atoms with Crippen LogP contribution in [0.4, 0.5) is 26.0 Å². The van der Waals surface area contributed by atoms with Crippen molar-refractivity contribution in [2.75, 3.05) is 81.4 Å². The molecule has 4 aromatic heterocycles. The van der Waals surface area contributed by atoms with Crippen LogP contribution in [0.1, 0.15) is 108 Å². The number of imide groups is 1. The number of amides is 3. The van der Waals surface area contributed by atoms with Crippen molar-refractivity contribution in [3.63, 3.8) is 0 Å². The van der Waals surface area contributed by atoms with Crippen molar-refractivity contribution < 1.29 is 27.7 Å². The van der Waals surface area contributed by atoms with Crippen molar-refractivity contribution in [1.29, 1.82) is 0 Å². The Morgan fingerprint density at radius 3 is 2.23 bits per heavy atom. The number of hydrogen-bond acceptors (Lipinski definition) is 15. The summed E-state index contributed by atoms with van der Waals surface area (Å²) in [5.41, 5.74) is 9.76. The number of likely N-dealkylation sites (tertiary alicyclic amines) is 2. The van der Waals surface area contributed by atoms with E-state index < -0.39 is 23.6 Å². The maximum Gasteiger partial charge on any atom is 0.249 e. The van der Waals surface area contributed by atoms with Gasteiger partial charge in [0.05, 0.1) is 16.5 Å². The maximum atomic E-state index is 15.3. The first-order chi connectivity index (χ1) is 33.3. The van der Waals surface area contributed by atoms with Crippen LogP contribution in [0.15, 0.2) is 35.4 Å². The van der Waals surface area contributed by atoms with E-state index in [-0.39, 0.29) is 47.5 Å². The molecule has 3 amide bonds. The Morgan fingerprint density at radius 1 is 0.855 bits per heavy atom. The van der Waals surface area contributed by atoms with Gasteiger partial charge in [0.1, 0.15) is 35.3 Å². The molecule has 4 N–H and O–H groups in total. The number of fused-ring (bicyclic) bond motifs is 1.